The summed E-state index contributed by atoms with van der Waals surface area (Å²) in [5, 5.41) is 0. The van der Waals surface area contributed by atoms with E-state index >= 15 is 0 Å². The van der Waals surface area contributed by atoms with E-state index in [-0.39, 0.29) is 17.0 Å². The van der Waals surface area contributed by atoms with Crippen molar-refractivity contribution in [1.29, 1.82) is 0 Å². The van der Waals surface area contributed by atoms with Crippen molar-refractivity contribution >= 4 is 21.6 Å². The van der Waals surface area contributed by atoms with Crippen LogP contribution in [-0.2, 0) is 10.0 Å². The zero-order chi connectivity index (χ0) is 16.3. The first-order valence-electron chi connectivity index (χ1n) is 6.54. The number of benzene rings is 2. The van der Waals surface area contributed by atoms with Gasteiger partial charge in [0.05, 0.1) is 10.6 Å². The van der Waals surface area contributed by atoms with E-state index in [1.807, 2.05) is 0 Å². The number of amides is 1. The van der Waals surface area contributed by atoms with Crippen molar-refractivity contribution in [2.75, 3.05) is 10.8 Å². The Balaban J connectivity index is 2.42. The van der Waals surface area contributed by atoms with E-state index in [9.17, 15) is 17.6 Å². The van der Waals surface area contributed by atoms with E-state index in [0.29, 0.717) is 5.69 Å². The molecule has 0 saturated heterocycles. The molecule has 0 fully saturated rings. The third kappa shape index (κ3) is 3.09. The number of primary amides is 1. The van der Waals surface area contributed by atoms with Gasteiger partial charge in [-0.15, -0.1) is 0 Å². The molecule has 0 bridgehead atoms. The van der Waals surface area contributed by atoms with Crippen LogP contribution in [0.1, 0.15) is 17.3 Å². The molecule has 0 unspecified atom stereocenters. The lowest BCUT2D eigenvalue weighted by molar-refractivity contribution is 0.1000. The van der Waals surface area contributed by atoms with Crippen molar-refractivity contribution in [3.63, 3.8) is 0 Å². The topological polar surface area (TPSA) is 80.5 Å². The van der Waals surface area contributed by atoms with Crippen LogP contribution in [0, 0.1) is 5.82 Å². The Morgan fingerprint density at radius 3 is 2.09 bits per heavy atom. The zero-order valence-corrected chi connectivity index (χ0v) is 12.7. The number of sulfonamides is 1. The van der Waals surface area contributed by atoms with Crippen molar-refractivity contribution in [2.24, 2.45) is 5.73 Å². The first-order valence-corrected chi connectivity index (χ1v) is 7.98. The molecule has 0 aliphatic carbocycles. The smallest absolute Gasteiger partial charge is 0.264 e. The fraction of sp³-hybridized carbons (Fsp3) is 0.133. The lowest BCUT2D eigenvalue weighted by atomic mass is 10.2. The monoisotopic (exact) mass is 322 g/mol. The molecule has 2 aromatic carbocycles. The van der Waals surface area contributed by atoms with Crippen LogP contribution in [-0.4, -0.2) is 20.9 Å². The number of nitrogens with zero attached hydrogens (tertiary/aromatic N) is 1. The van der Waals surface area contributed by atoms with Crippen LogP contribution < -0.4 is 10.0 Å². The molecule has 0 saturated carbocycles. The highest BCUT2D eigenvalue weighted by Gasteiger charge is 2.23. The lowest BCUT2D eigenvalue weighted by Gasteiger charge is -2.23. The number of hydrogen-bond donors (Lipinski definition) is 1. The predicted molar refractivity (Wildman–Crippen MR) is 81.6 cm³/mol. The number of hydrogen-bond acceptors (Lipinski definition) is 3. The Morgan fingerprint density at radius 1 is 1.09 bits per heavy atom. The normalized spacial score (nSPS) is 11.2. The Bertz CT molecular complexity index is 771. The maximum atomic E-state index is 13.0. The van der Waals surface area contributed by atoms with Crippen molar-refractivity contribution in [1.82, 2.24) is 0 Å². The largest absolute Gasteiger partial charge is 0.366 e. The van der Waals surface area contributed by atoms with Crippen LogP contribution in [0.5, 0.6) is 0 Å². The van der Waals surface area contributed by atoms with Crippen LogP contribution in [0.25, 0.3) is 0 Å². The second-order valence-electron chi connectivity index (χ2n) is 4.53. The molecule has 1 amide bonds. The summed E-state index contributed by atoms with van der Waals surface area (Å²) in [6, 6.07) is 10.5. The van der Waals surface area contributed by atoms with Gasteiger partial charge in [0.25, 0.3) is 10.0 Å². The molecule has 0 heterocycles. The molecule has 0 radical (unpaired) electrons. The third-order valence-corrected chi connectivity index (χ3v) is 5.05. The summed E-state index contributed by atoms with van der Waals surface area (Å²) >= 11 is 0. The van der Waals surface area contributed by atoms with Crippen LogP contribution in [0.15, 0.2) is 53.4 Å². The molecule has 0 spiro atoms. The minimum Gasteiger partial charge on any atom is -0.366 e. The molecule has 2 rings (SSSR count). The van der Waals surface area contributed by atoms with Gasteiger partial charge < -0.3 is 5.73 Å². The molecule has 0 aliphatic rings. The van der Waals surface area contributed by atoms with Gasteiger partial charge >= 0.3 is 0 Å². The minimum atomic E-state index is -3.80. The van der Waals surface area contributed by atoms with E-state index in [1.165, 1.54) is 48.5 Å². The summed E-state index contributed by atoms with van der Waals surface area (Å²) in [7, 11) is -3.80. The number of anilines is 1. The first kappa shape index (κ1) is 16.0. The van der Waals surface area contributed by atoms with E-state index in [2.05, 4.69) is 0 Å². The maximum absolute atomic E-state index is 13.0. The number of rotatable bonds is 5. The first-order chi connectivity index (χ1) is 10.4. The van der Waals surface area contributed by atoms with Gasteiger partial charge in [0, 0.05) is 12.1 Å². The molecule has 2 aromatic rings. The summed E-state index contributed by atoms with van der Waals surface area (Å²) < 4.78 is 39.4. The standard InChI is InChI=1S/C15H15FN2O3S/c1-2-18(13-7-5-12(16)6-8-13)22(20,21)14-9-3-11(4-10-14)15(17)19/h3-10H,2H2,1H3,(H2,17,19). The molecule has 116 valence electrons. The van der Waals surface area contributed by atoms with Gasteiger partial charge in [-0.25, -0.2) is 12.8 Å². The van der Waals surface area contributed by atoms with Gasteiger partial charge in [0.15, 0.2) is 0 Å². The van der Waals surface area contributed by atoms with Crippen molar-refractivity contribution in [3.05, 3.63) is 59.9 Å². The fourth-order valence-electron chi connectivity index (χ4n) is 2.02. The lowest BCUT2D eigenvalue weighted by Crippen LogP contribution is -2.30. The average Bonchev–Trinajstić information content (AvgIpc) is 2.50. The van der Waals surface area contributed by atoms with Crippen LogP contribution in [0.2, 0.25) is 0 Å². The molecular weight excluding hydrogens is 307 g/mol. The van der Waals surface area contributed by atoms with Crippen molar-refractivity contribution in [3.8, 4) is 0 Å². The second-order valence-corrected chi connectivity index (χ2v) is 6.40. The Morgan fingerprint density at radius 2 is 1.64 bits per heavy atom. The summed E-state index contributed by atoms with van der Waals surface area (Å²) in [4.78, 5) is 11.1. The van der Waals surface area contributed by atoms with Gasteiger partial charge in [-0.3, -0.25) is 9.10 Å². The molecule has 22 heavy (non-hydrogen) atoms. The van der Waals surface area contributed by atoms with Gasteiger partial charge in [-0.1, -0.05) is 0 Å². The van der Waals surface area contributed by atoms with Crippen molar-refractivity contribution in [2.45, 2.75) is 11.8 Å². The highest BCUT2D eigenvalue weighted by Crippen LogP contribution is 2.23. The van der Waals surface area contributed by atoms with E-state index in [0.717, 1.165) is 4.31 Å². The molecule has 7 heteroatoms. The highest BCUT2D eigenvalue weighted by molar-refractivity contribution is 7.92. The molecule has 0 aromatic heterocycles. The predicted octanol–water partition coefficient (Wildman–Crippen LogP) is 2.14. The summed E-state index contributed by atoms with van der Waals surface area (Å²) in [6.07, 6.45) is 0. The molecule has 0 atom stereocenters. The summed E-state index contributed by atoms with van der Waals surface area (Å²) in [5.74, 6) is -1.07. The third-order valence-electron chi connectivity index (χ3n) is 3.13. The van der Waals surface area contributed by atoms with Gasteiger partial charge in [-0.2, -0.15) is 0 Å². The van der Waals surface area contributed by atoms with E-state index < -0.39 is 21.7 Å². The molecule has 5 nitrogen and oxygen atoms in total. The Hall–Kier alpha value is -2.41. The van der Waals surface area contributed by atoms with Crippen LogP contribution in [0.4, 0.5) is 10.1 Å². The second kappa shape index (κ2) is 6.15. The molecular formula is C15H15FN2O3S. The van der Waals surface area contributed by atoms with Gasteiger partial charge in [0.1, 0.15) is 5.82 Å². The van der Waals surface area contributed by atoms with Crippen LogP contribution in [0.3, 0.4) is 0 Å². The quantitative estimate of drug-likeness (QED) is 0.916. The fourth-order valence-corrected chi connectivity index (χ4v) is 3.49. The number of halogens is 1. The summed E-state index contributed by atoms with van der Waals surface area (Å²) in [6.45, 7) is 1.87. The maximum Gasteiger partial charge on any atom is 0.264 e. The number of nitrogens with two attached hydrogens (primary N) is 1. The average molecular weight is 322 g/mol. The summed E-state index contributed by atoms with van der Waals surface area (Å²) in [5.41, 5.74) is 5.72. The highest BCUT2D eigenvalue weighted by atomic mass is 32.2. The SMILES string of the molecule is CCN(c1ccc(F)cc1)S(=O)(=O)c1ccc(C(N)=O)cc1. The van der Waals surface area contributed by atoms with E-state index in [4.69, 9.17) is 5.73 Å². The van der Waals surface area contributed by atoms with Crippen molar-refractivity contribution < 1.29 is 17.6 Å². The number of carbonyl (C=O) groups excluding carboxylic acids is 1. The van der Waals surface area contributed by atoms with E-state index in [1.54, 1.807) is 6.92 Å². The minimum absolute atomic E-state index is 0.0312. The van der Waals surface area contributed by atoms with Crippen LogP contribution >= 0.6 is 0 Å². The van der Waals surface area contributed by atoms with Gasteiger partial charge in [0.2, 0.25) is 5.91 Å². The molecule has 2 N–H and O–H groups in total. The zero-order valence-electron chi connectivity index (χ0n) is 11.9. The Labute approximate surface area is 128 Å². The Kier molecular flexibility index (Phi) is 4.46. The van der Waals surface area contributed by atoms with Gasteiger partial charge in [-0.05, 0) is 55.5 Å². The number of carbonyl (C=O) groups is 1. The molecule has 0 aliphatic heterocycles.